The molecule has 0 aliphatic carbocycles. The standard InChI is InChI=1S/C8H14N/c1-4-6-9-7-5-8(2)3/h4-5H,1,6-7H2,2-3H3. The van der Waals surface area contributed by atoms with Crippen LogP contribution in [0.1, 0.15) is 13.8 Å². The summed E-state index contributed by atoms with van der Waals surface area (Å²) in [5.74, 6) is 0. The van der Waals surface area contributed by atoms with Crippen LogP contribution in [0.4, 0.5) is 0 Å². The van der Waals surface area contributed by atoms with Crippen LogP contribution in [0.25, 0.3) is 0 Å². The van der Waals surface area contributed by atoms with Gasteiger partial charge < -0.3 is 0 Å². The average Bonchev–Trinajstić information content (AvgIpc) is 1.80. The van der Waals surface area contributed by atoms with Crippen LogP contribution in [-0.2, 0) is 0 Å². The lowest BCUT2D eigenvalue weighted by molar-refractivity contribution is 0.821. The van der Waals surface area contributed by atoms with E-state index < -0.39 is 0 Å². The van der Waals surface area contributed by atoms with Crippen LogP contribution in [0, 0.1) is 0 Å². The summed E-state index contributed by atoms with van der Waals surface area (Å²) in [6.07, 6.45) is 3.91. The predicted molar refractivity (Wildman–Crippen MR) is 41.5 cm³/mol. The Morgan fingerprint density at radius 1 is 1.44 bits per heavy atom. The molecule has 0 rings (SSSR count). The van der Waals surface area contributed by atoms with E-state index in [1.807, 2.05) is 0 Å². The van der Waals surface area contributed by atoms with Gasteiger partial charge in [0.05, 0.1) is 0 Å². The summed E-state index contributed by atoms with van der Waals surface area (Å²) in [5.41, 5.74) is 1.32. The third-order valence-corrected chi connectivity index (χ3v) is 0.887. The molecule has 0 saturated carbocycles. The van der Waals surface area contributed by atoms with Crippen molar-refractivity contribution in [3.8, 4) is 0 Å². The normalized spacial score (nSPS) is 8.67. The van der Waals surface area contributed by atoms with E-state index in [9.17, 15) is 0 Å². The molecule has 0 atom stereocenters. The molecule has 0 aliphatic heterocycles. The Bertz CT molecular complexity index is 99.1. The topological polar surface area (TPSA) is 14.1 Å². The van der Waals surface area contributed by atoms with Gasteiger partial charge in [-0.15, -0.1) is 6.58 Å². The van der Waals surface area contributed by atoms with E-state index in [1.54, 1.807) is 6.08 Å². The molecule has 0 aromatic heterocycles. The van der Waals surface area contributed by atoms with Crippen LogP contribution in [0.2, 0.25) is 0 Å². The molecule has 0 bridgehead atoms. The van der Waals surface area contributed by atoms with E-state index in [0.717, 1.165) is 13.1 Å². The predicted octanol–water partition coefficient (Wildman–Crippen LogP) is 1.74. The molecule has 1 heteroatoms. The van der Waals surface area contributed by atoms with Crippen LogP contribution in [0.15, 0.2) is 24.3 Å². The van der Waals surface area contributed by atoms with Gasteiger partial charge in [-0.1, -0.05) is 17.7 Å². The maximum Gasteiger partial charge on any atom is 0.0320 e. The Hall–Kier alpha value is -0.560. The Morgan fingerprint density at radius 2 is 2.11 bits per heavy atom. The van der Waals surface area contributed by atoms with Crippen LogP contribution >= 0.6 is 0 Å². The first-order valence-corrected chi connectivity index (χ1v) is 3.15. The molecule has 0 N–H and O–H groups in total. The van der Waals surface area contributed by atoms with E-state index in [-0.39, 0.29) is 0 Å². The lowest BCUT2D eigenvalue weighted by atomic mass is 10.3. The van der Waals surface area contributed by atoms with Gasteiger partial charge in [0.2, 0.25) is 0 Å². The minimum Gasteiger partial charge on any atom is -0.234 e. The average molecular weight is 124 g/mol. The summed E-state index contributed by atoms with van der Waals surface area (Å²) in [5, 5.41) is 4.14. The summed E-state index contributed by atoms with van der Waals surface area (Å²) in [7, 11) is 0. The second kappa shape index (κ2) is 5.57. The van der Waals surface area contributed by atoms with Crippen molar-refractivity contribution in [1.29, 1.82) is 0 Å². The summed E-state index contributed by atoms with van der Waals surface area (Å²) >= 11 is 0. The highest BCUT2D eigenvalue weighted by atomic mass is 14.8. The quantitative estimate of drug-likeness (QED) is 0.400. The molecule has 0 heterocycles. The first kappa shape index (κ1) is 8.44. The second-order valence-electron chi connectivity index (χ2n) is 2.16. The molecule has 51 valence electrons. The van der Waals surface area contributed by atoms with Gasteiger partial charge in [-0.25, -0.2) is 5.32 Å². The van der Waals surface area contributed by atoms with E-state index in [2.05, 4.69) is 31.8 Å². The molecular weight excluding hydrogens is 110 g/mol. The van der Waals surface area contributed by atoms with Crippen molar-refractivity contribution in [2.24, 2.45) is 0 Å². The summed E-state index contributed by atoms with van der Waals surface area (Å²) in [6, 6.07) is 0. The zero-order valence-corrected chi connectivity index (χ0v) is 6.22. The number of hydrogen-bond acceptors (Lipinski definition) is 0. The fourth-order valence-corrected chi connectivity index (χ4v) is 0.413. The van der Waals surface area contributed by atoms with E-state index in [1.165, 1.54) is 5.57 Å². The number of allylic oxidation sites excluding steroid dienone is 1. The molecule has 0 unspecified atom stereocenters. The zero-order valence-electron chi connectivity index (χ0n) is 6.22. The molecule has 1 radical (unpaired) electrons. The van der Waals surface area contributed by atoms with Gasteiger partial charge in [0.15, 0.2) is 0 Å². The van der Waals surface area contributed by atoms with Gasteiger partial charge >= 0.3 is 0 Å². The molecule has 0 aromatic carbocycles. The highest BCUT2D eigenvalue weighted by Crippen LogP contribution is 1.85. The summed E-state index contributed by atoms with van der Waals surface area (Å²) in [6.45, 7) is 9.30. The first-order valence-electron chi connectivity index (χ1n) is 3.15. The highest BCUT2D eigenvalue weighted by Gasteiger charge is 1.78. The molecule has 0 fully saturated rings. The molecule has 9 heavy (non-hydrogen) atoms. The van der Waals surface area contributed by atoms with Crippen molar-refractivity contribution >= 4 is 0 Å². The smallest absolute Gasteiger partial charge is 0.0320 e. The lowest BCUT2D eigenvalue weighted by Crippen LogP contribution is -2.03. The van der Waals surface area contributed by atoms with Crippen LogP contribution in [0.5, 0.6) is 0 Å². The fourth-order valence-electron chi connectivity index (χ4n) is 0.413. The molecule has 0 aliphatic rings. The number of nitrogens with zero attached hydrogens (tertiary/aromatic N) is 1. The van der Waals surface area contributed by atoms with Gasteiger partial charge in [0, 0.05) is 13.1 Å². The molecule has 0 amide bonds. The Balaban J connectivity index is 3.09. The number of hydrogen-bond donors (Lipinski definition) is 0. The fraction of sp³-hybridized carbons (Fsp3) is 0.500. The SMILES string of the molecule is C=CC[N]CC=C(C)C. The summed E-state index contributed by atoms with van der Waals surface area (Å²) in [4.78, 5) is 0. The van der Waals surface area contributed by atoms with Crippen molar-refractivity contribution in [3.05, 3.63) is 24.3 Å². The van der Waals surface area contributed by atoms with Gasteiger partial charge in [-0.2, -0.15) is 0 Å². The van der Waals surface area contributed by atoms with Gasteiger partial charge in [-0.05, 0) is 13.8 Å². The van der Waals surface area contributed by atoms with E-state index >= 15 is 0 Å². The molecule has 0 aromatic rings. The Kier molecular flexibility index (Phi) is 5.23. The maximum absolute atomic E-state index is 4.14. The second-order valence-corrected chi connectivity index (χ2v) is 2.16. The molecule has 1 nitrogen and oxygen atoms in total. The van der Waals surface area contributed by atoms with Gasteiger partial charge in [0.25, 0.3) is 0 Å². The zero-order chi connectivity index (χ0) is 7.11. The lowest BCUT2D eigenvalue weighted by Gasteiger charge is -1.91. The van der Waals surface area contributed by atoms with E-state index in [0.29, 0.717) is 0 Å². The van der Waals surface area contributed by atoms with Gasteiger partial charge in [0.1, 0.15) is 0 Å². The van der Waals surface area contributed by atoms with Gasteiger partial charge in [-0.3, -0.25) is 0 Å². The monoisotopic (exact) mass is 124 g/mol. The minimum absolute atomic E-state index is 0.768. The van der Waals surface area contributed by atoms with Crippen molar-refractivity contribution < 1.29 is 0 Å². The molecule has 0 spiro atoms. The molecule has 0 saturated heterocycles. The first-order chi connectivity index (χ1) is 4.27. The minimum atomic E-state index is 0.768. The highest BCUT2D eigenvalue weighted by molar-refractivity contribution is 4.94. The Labute approximate surface area is 57.5 Å². The molecular formula is C8H14N. The van der Waals surface area contributed by atoms with Crippen LogP contribution in [0.3, 0.4) is 0 Å². The van der Waals surface area contributed by atoms with Crippen LogP contribution in [-0.4, -0.2) is 13.1 Å². The van der Waals surface area contributed by atoms with Crippen molar-refractivity contribution in [2.75, 3.05) is 13.1 Å². The Morgan fingerprint density at radius 3 is 2.56 bits per heavy atom. The third-order valence-electron chi connectivity index (χ3n) is 0.887. The maximum atomic E-state index is 4.14. The van der Waals surface area contributed by atoms with Crippen molar-refractivity contribution in [2.45, 2.75) is 13.8 Å². The van der Waals surface area contributed by atoms with Crippen molar-refractivity contribution in [3.63, 3.8) is 0 Å². The number of rotatable bonds is 4. The summed E-state index contributed by atoms with van der Waals surface area (Å²) < 4.78 is 0. The third kappa shape index (κ3) is 7.44. The largest absolute Gasteiger partial charge is 0.234 e. The van der Waals surface area contributed by atoms with E-state index in [4.69, 9.17) is 0 Å². The van der Waals surface area contributed by atoms with Crippen LogP contribution < -0.4 is 5.32 Å². The van der Waals surface area contributed by atoms with Crippen molar-refractivity contribution in [1.82, 2.24) is 5.32 Å².